The average Bonchev–Trinajstić information content (AvgIpc) is 2.64. The van der Waals surface area contributed by atoms with Gasteiger partial charge in [0.25, 0.3) is 12.2 Å². The SMILES string of the molecule is CC(C)N(C(=O)c1cc(F)ccc1Oc1cnc[n+]([O-])c1)c1ccccc1. The van der Waals surface area contributed by atoms with E-state index in [0.29, 0.717) is 10.4 Å². The van der Waals surface area contributed by atoms with Crippen LogP contribution in [0.3, 0.4) is 0 Å². The molecule has 0 atom stereocenters. The monoisotopic (exact) mass is 367 g/mol. The Balaban J connectivity index is 2.01. The number of anilines is 1. The van der Waals surface area contributed by atoms with Gasteiger partial charge in [0.2, 0.25) is 5.75 Å². The number of hydrogen-bond acceptors (Lipinski definition) is 4. The van der Waals surface area contributed by atoms with Gasteiger partial charge in [0.1, 0.15) is 17.8 Å². The number of para-hydroxylation sites is 1. The Labute approximate surface area is 156 Å². The van der Waals surface area contributed by atoms with Crippen LogP contribution in [-0.4, -0.2) is 16.9 Å². The minimum atomic E-state index is -0.562. The van der Waals surface area contributed by atoms with Crippen LogP contribution < -0.4 is 14.4 Å². The van der Waals surface area contributed by atoms with Gasteiger partial charge in [-0.25, -0.2) is 9.12 Å². The summed E-state index contributed by atoms with van der Waals surface area (Å²) >= 11 is 0. The van der Waals surface area contributed by atoms with Crippen molar-refractivity contribution in [2.45, 2.75) is 19.9 Å². The van der Waals surface area contributed by atoms with Crippen molar-refractivity contribution in [1.29, 1.82) is 0 Å². The molecule has 0 aliphatic rings. The molecule has 0 N–H and O–H groups in total. The lowest BCUT2D eigenvalue weighted by molar-refractivity contribution is -0.609. The fraction of sp³-hybridized carbons (Fsp3) is 0.150. The van der Waals surface area contributed by atoms with E-state index in [1.54, 1.807) is 17.0 Å². The number of carbonyl (C=O) groups excluding carboxylic acids is 1. The smallest absolute Gasteiger partial charge is 0.289 e. The molecule has 0 aliphatic heterocycles. The number of halogens is 1. The first-order chi connectivity index (χ1) is 13.0. The number of amides is 1. The summed E-state index contributed by atoms with van der Waals surface area (Å²) < 4.78 is 20.0. The van der Waals surface area contributed by atoms with Crippen LogP contribution in [0.1, 0.15) is 24.2 Å². The van der Waals surface area contributed by atoms with Crippen molar-refractivity contribution in [3.63, 3.8) is 0 Å². The van der Waals surface area contributed by atoms with Crippen LogP contribution in [-0.2, 0) is 0 Å². The topological polar surface area (TPSA) is 69.4 Å². The molecule has 3 rings (SSSR count). The Morgan fingerprint density at radius 3 is 2.63 bits per heavy atom. The van der Waals surface area contributed by atoms with Crippen LogP contribution in [0, 0.1) is 11.0 Å². The predicted molar refractivity (Wildman–Crippen MR) is 98.1 cm³/mol. The number of hydrogen-bond donors (Lipinski definition) is 0. The van der Waals surface area contributed by atoms with Gasteiger partial charge in [0.05, 0.1) is 5.56 Å². The molecule has 7 heteroatoms. The average molecular weight is 367 g/mol. The maximum Gasteiger partial charge on any atom is 0.289 e. The first-order valence-corrected chi connectivity index (χ1v) is 8.35. The van der Waals surface area contributed by atoms with Crippen LogP contribution >= 0.6 is 0 Å². The molecule has 0 fully saturated rings. The Morgan fingerprint density at radius 2 is 1.96 bits per heavy atom. The molecule has 0 saturated heterocycles. The van der Waals surface area contributed by atoms with E-state index in [9.17, 15) is 14.4 Å². The van der Waals surface area contributed by atoms with Crippen molar-refractivity contribution in [1.82, 2.24) is 4.98 Å². The third kappa shape index (κ3) is 4.20. The zero-order valence-corrected chi connectivity index (χ0v) is 14.9. The zero-order chi connectivity index (χ0) is 19.4. The third-order valence-electron chi connectivity index (χ3n) is 3.81. The van der Waals surface area contributed by atoms with E-state index < -0.39 is 11.7 Å². The molecule has 0 spiro atoms. The van der Waals surface area contributed by atoms with Gasteiger partial charge in [0.15, 0.2) is 6.20 Å². The highest BCUT2D eigenvalue weighted by molar-refractivity contribution is 6.08. The quantitative estimate of drug-likeness (QED) is 0.509. The standard InChI is InChI=1S/C20H18FN3O3/c1-14(2)24(16-6-4-3-5-7-16)20(25)18-10-15(21)8-9-19(18)27-17-11-22-13-23(26)12-17/h3-14H,1-2H3. The summed E-state index contributed by atoms with van der Waals surface area (Å²) in [6.45, 7) is 3.73. The fourth-order valence-corrected chi connectivity index (χ4v) is 2.67. The Kier molecular flexibility index (Phi) is 5.30. The van der Waals surface area contributed by atoms with Crippen LogP contribution in [0.25, 0.3) is 0 Å². The van der Waals surface area contributed by atoms with E-state index in [1.807, 2.05) is 32.0 Å². The van der Waals surface area contributed by atoms with Crippen molar-refractivity contribution < 1.29 is 18.7 Å². The normalized spacial score (nSPS) is 10.7. The molecule has 6 nitrogen and oxygen atoms in total. The highest BCUT2D eigenvalue weighted by Gasteiger charge is 2.24. The predicted octanol–water partition coefficient (Wildman–Crippen LogP) is 3.70. The van der Waals surface area contributed by atoms with Crippen molar-refractivity contribution in [2.24, 2.45) is 0 Å². The van der Waals surface area contributed by atoms with Gasteiger partial charge >= 0.3 is 0 Å². The van der Waals surface area contributed by atoms with Crippen molar-refractivity contribution in [2.75, 3.05) is 4.90 Å². The van der Waals surface area contributed by atoms with Gasteiger partial charge in [-0.3, -0.25) is 4.79 Å². The fourth-order valence-electron chi connectivity index (χ4n) is 2.67. The molecule has 138 valence electrons. The number of ether oxygens (including phenoxy) is 1. The summed E-state index contributed by atoms with van der Waals surface area (Å²) in [6.07, 6.45) is 3.57. The Hall–Kier alpha value is -3.48. The van der Waals surface area contributed by atoms with Crippen molar-refractivity contribution in [3.05, 3.63) is 83.8 Å². The molecule has 0 radical (unpaired) electrons. The second kappa shape index (κ2) is 7.82. The molecule has 1 heterocycles. The van der Waals surface area contributed by atoms with E-state index in [1.165, 1.54) is 24.5 Å². The number of rotatable bonds is 5. The summed E-state index contributed by atoms with van der Waals surface area (Å²) in [7, 11) is 0. The second-order valence-corrected chi connectivity index (χ2v) is 6.13. The molecule has 0 unspecified atom stereocenters. The summed E-state index contributed by atoms with van der Waals surface area (Å²) in [5.74, 6) is -0.697. The van der Waals surface area contributed by atoms with E-state index in [4.69, 9.17) is 4.74 Å². The van der Waals surface area contributed by atoms with Gasteiger partial charge < -0.3 is 14.8 Å². The highest BCUT2D eigenvalue weighted by atomic mass is 19.1. The number of nitrogens with zero attached hydrogens (tertiary/aromatic N) is 3. The number of carbonyl (C=O) groups is 1. The Bertz CT molecular complexity index is 948. The maximum absolute atomic E-state index is 13.9. The van der Waals surface area contributed by atoms with Gasteiger partial charge in [0, 0.05) is 11.7 Å². The molecule has 27 heavy (non-hydrogen) atoms. The molecule has 1 amide bonds. The Morgan fingerprint density at radius 1 is 1.22 bits per heavy atom. The summed E-state index contributed by atoms with van der Waals surface area (Å²) in [5.41, 5.74) is 0.736. The zero-order valence-electron chi connectivity index (χ0n) is 14.9. The minimum Gasteiger partial charge on any atom is -0.711 e. The molecular weight excluding hydrogens is 349 g/mol. The van der Waals surface area contributed by atoms with Gasteiger partial charge in [-0.1, -0.05) is 23.2 Å². The van der Waals surface area contributed by atoms with Gasteiger partial charge in [-0.15, -0.1) is 0 Å². The van der Waals surface area contributed by atoms with Crippen molar-refractivity contribution in [3.8, 4) is 11.5 Å². The van der Waals surface area contributed by atoms with E-state index in [2.05, 4.69) is 4.98 Å². The van der Waals surface area contributed by atoms with E-state index in [-0.39, 0.29) is 23.1 Å². The van der Waals surface area contributed by atoms with Crippen molar-refractivity contribution >= 4 is 11.6 Å². The maximum atomic E-state index is 13.9. The highest BCUT2D eigenvalue weighted by Crippen LogP contribution is 2.29. The molecule has 0 bridgehead atoms. The third-order valence-corrected chi connectivity index (χ3v) is 3.81. The molecule has 1 aromatic heterocycles. The van der Waals surface area contributed by atoms with Crippen LogP contribution in [0.2, 0.25) is 0 Å². The lowest BCUT2D eigenvalue weighted by Crippen LogP contribution is -2.37. The summed E-state index contributed by atoms with van der Waals surface area (Å²) in [6, 6.07) is 12.6. The number of benzene rings is 2. The van der Waals surface area contributed by atoms with E-state index >= 15 is 0 Å². The largest absolute Gasteiger partial charge is 0.711 e. The van der Waals surface area contributed by atoms with E-state index in [0.717, 1.165) is 12.4 Å². The molecule has 0 aliphatic carbocycles. The van der Waals surface area contributed by atoms with Crippen LogP contribution in [0.4, 0.5) is 10.1 Å². The lowest BCUT2D eigenvalue weighted by Gasteiger charge is -2.27. The lowest BCUT2D eigenvalue weighted by atomic mass is 10.1. The molecule has 0 saturated carbocycles. The minimum absolute atomic E-state index is 0.0499. The molecule has 3 aromatic rings. The first kappa shape index (κ1) is 18.3. The number of aromatic nitrogens is 2. The first-order valence-electron chi connectivity index (χ1n) is 8.35. The summed E-state index contributed by atoms with van der Waals surface area (Å²) in [5, 5.41) is 11.4. The second-order valence-electron chi connectivity index (χ2n) is 6.13. The van der Waals surface area contributed by atoms with Gasteiger partial charge in [-0.05, 0) is 44.2 Å². The van der Waals surface area contributed by atoms with Crippen LogP contribution in [0.5, 0.6) is 11.5 Å². The van der Waals surface area contributed by atoms with Crippen LogP contribution in [0.15, 0.2) is 67.3 Å². The molecule has 2 aromatic carbocycles. The molecular formula is C20H18FN3O3. The summed E-state index contributed by atoms with van der Waals surface area (Å²) in [4.78, 5) is 18.5. The van der Waals surface area contributed by atoms with Gasteiger partial charge in [-0.2, -0.15) is 0 Å².